The van der Waals surface area contributed by atoms with Gasteiger partial charge in [-0.1, -0.05) is 128 Å². The van der Waals surface area contributed by atoms with Crippen molar-refractivity contribution in [1.82, 2.24) is 0 Å². The molecule has 0 bridgehead atoms. The Labute approximate surface area is 300 Å². The van der Waals surface area contributed by atoms with Crippen LogP contribution in [0, 0.1) is 0 Å². The van der Waals surface area contributed by atoms with E-state index >= 15 is 0 Å². The molecule has 0 saturated heterocycles. The minimum absolute atomic E-state index is 0.0771. The number of Topliss-reactive ketones (excluding diaryl/α,β-unsaturated/α-hetero) is 1. The number of ketones is 1. The summed E-state index contributed by atoms with van der Waals surface area (Å²) in [6, 6.07) is 8.67. The predicted octanol–water partition coefficient (Wildman–Crippen LogP) is 14.3. The number of halogens is 1. The van der Waals surface area contributed by atoms with Crippen LogP contribution in [-0.2, 0) is 4.79 Å². The van der Waals surface area contributed by atoms with Gasteiger partial charge in [0.05, 0.1) is 0 Å². The van der Waals surface area contributed by atoms with Crippen LogP contribution in [0.25, 0.3) is 0 Å². The molecule has 0 amide bonds. The zero-order valence-electron chi connectivity index (χ0n) is 32.1. The molecule has 0 radical (unpaired) electrons. The Morgan fingerprint density at radius 2 is 1.52 bits per heavy atom. The predicted molar refractivity (Wildman–Crippen MR) is 219 cm³/mol. The van der Waals surface area contributed by atoms with Gasteiger partial charge in [-0.25, -0.2) is 4.99 Å². The minimum atomic E-state index is -0.0771. The topological polar surface area (TPSA) is 41.5 Å². The maximum absolute atomic E-state index is 12.8. The average molecular weight is 673 g/mol. The van der Waals surface area contributed by atoms with Gasteiger partial charge < -0.3 is 5.32 Å². The number of nitrogens with zero attached hydrogens (tertiary/aromatic N) is 1. The Bertz CT molecular complexity index is 1350. The van der Waals surface area contributed by atoms with Crippen LogP contribution in [0.1, 0.15) is 126 Å². The summed E-state index contributed by atoms with van der Waals surface area (Å²) in [5, 5.41) is 3.89. The van der Waals surface area contributed by atoms with Gasteiger partial charge in [0.1, 0.15) is 5.84 Å². The summed E-state index contributed by atoms with van der Waals surface area (Å²) in [6.45, 7) is 33.3. The molecule has 0 aromatic heterocycles. The molecule has 0 fully saturated rings. The number of rotatable bonds is 13. The van der Waals surface area contributed by atoms with Gasteiger partial charge in [-0.3, -0.25) is 4.79 Å². The van der Waals surface area contributed by atoms with Crippen molar-refractivity contribution < 1.29 is 4.79 Å². The van der Waals surface area contributed by atoms with E-state index in [1.165, 1.54) is 37.7 Å². The summed E-state index contributed by atoms with van der Waals surface area (Å²) in [4.78, 5) is 17.4. The lowest BCUT2D eigenvalue weighted by Gasteiger charge is -2.16. The highest BCUT2D eigenvalue weighted by molar-refractivity contribution is 6.33. The smallest absolute Gasteiger partial charge is 0.160 e. The molecule has 3 nitrogen and oxygen atoms in total. The number of allylic oxidation sites excluding steroid dienone is 14. The fourth-order valence-corrected chi connectivity index (χ4v) is 5.03. The third-order valence-corrected chi connectivity index (χ3v) is 7.22. The average Bonchev–Trinajstić information content (AvgIpc) is 3.24. The molecule has 1 aromatic rings. The number of nitrogens with one attached hydrogen (secondary N) is 1. The van der Waals surface area contributed by atoms with Crippen LogP contribution in [0.15, 0.2) is 136 Å². The van der Waals surface area contributed by atoms with Crippen molar-refractivity contribution in [2.24, 2.45) is 4.99 Å². The lowest BCUT2D eigenvalue weighted by Crippen LogP contribution is -2.07. The Hall–Kier alpha value is -3.69. The maximum atomic E-state index is 12.8. The molecule has 1 aliphatic carbocycles. The molecule has 0 heterocycles. The van der Waals surface area contributed by atoms with E-state index in [0.717, 1.165) is 33.8 Å². The minimum Gasteiger partial charge on any atom is -0.344 e. The van der Waals surface area contributed by atoms with Crippen molar-refractivity contribution in [3.05, 3.63) is 137 Å². The van der Waals surface area contributed by atoms with Crippen molar-refractivity contribution >= 4 is 28.9 Å². The largest absolute Gasteiger partial charge is 0.344 e. The molecule has 0 unspecified atom stereocenters. The van der Waals surface area contributed by atoms with E-state index in [9.17, 15) is 4.79 Å². The van der Waals surface area contributed by atoms with Gasteiger partial charge >= 0.3 is 0 Å². The van der Waals surface area contributed by atoms with Gasteiger partial charge in [-0.05, 0) is 112 Å². The highest BCUT2D eigenvalue weighted by Gasteiger charge is 2.17. The van der Waals surface area contributed by atoms with Crippen LogP contribution < -0.4 is 5.32 Å². The highest BCUT2D eigenvalue weighted by Crippen LogP contribution is 2.32. The molecular formula is C44H65ClN2O. The lowest BCUT2D eigenvalue weighted by atomic mass is 9.90. The third-order valence-electron chi connectivity index (χ3n) is 6.90. The van der Waals surface area contributed by atoms with Crippen molar-refractivity contribution in [1.29, 1.82) is 0 Å². The quantitative estimate of drug-likeness (QED) is 0.0745. The van der Waals surface area contributed by atoms with Crippen LogP contribution in [0.5, 0.6) is 0 Å². The summed E-state index contributed by atoms with van der Waals surface area (Å²) in [6.07, 6.45) is 21.8. The number of hydrogen-bond acceptors (Lipinski definition) is 2. The monoisotopic (exact) mass is 672 g/mol. The first-order valence-corrected chi connectivity index (χ1v) is 18.0. The number of anilines is 1. The fraction of sp³-hybridized carbons (Fsp3) is 0.409. The van der Waals surface area contributed by atoms with Crippen LogP contribution in [0.3, 0.4) is 0 Å². The molecule has 1 aliphatic rings. The molecule has 264 valence electrons. The number of carbonyl (C=O) groups excluding carboxylic acids is 1. The van der Waals surface area contributed by atoms with Crippen LogP contribution >= 0.6 is 11.6 Å². The summed E-state index contributed by atoms with van der Waals surface area (Å²) >= 11 is 6.74. The lowest BCUT2D eigenvalue weighted by molar-refractivity contribution is -0.113. The Kier molecular flexibility index (Phi) is 27.4. The van der Waals surface area contributed by atoms with Crippen LogP contribution in [0.4, 0.5) is 5.69 Å². The van der Waals surface area contributed by atoms with Gasteiger partial charge in [-0.2, -0.15) is 0 Å². The van der Waals surface area contributed by atoms with E-state index in [1.54, 1.807) is 25.3 Å². The standard InChI is InChI=1S/C36H45ClN2O.C3H8.C3H6.C2H6/c1-9-14-29(15-10-2)30-18-20-33(21-19-30)39-27(8)38-24-32(25(5)6)22-35(26(7)40)34-17-13-16-31(23-36(34)37)28(11-3)12-4;2*1-3-2;1-2/h11-12,16-24,29H,3,5,9-10,13-15H2,1-2,4,6-8H3,(H,38,39);3H2,1-2H3;3H,1H2,2H3;1-2H3/b28-12+,32-24-,35-22+;;;. The molecule has 0 spiro atoms. The molecule has 1 N–H and O–H groups in total. The van der Waals surface area contributed by atoms with E-state index < -0.39 is 0 Å². The Balaban J connectivity index is 0. The second-order valence-corrected chi connectivity index (χ2v) is 11.7. The highest BCUT2D eigenvalue weighted by atomic mass is 35.5. The van der Waals surface area contributed by atoms with Crippen LogP contribution in [-0.4, -0.2) is 11.6 Å². The molecule has 4 heteroatoms. The van der Waals surface area contributed by atoms with E-state index in [-0.39, 0.29) is 5.78 Å². The van der Waals surface area contributed by atoms with Crippen LogP contribution in [0.2, 0.25) is 0 Å². The molecule has 0 atom stereocenters. The number of amidine groups is 1. The molecule has 2 rings (SSSR count). The van der Waals surface area contributed by atoms with Gasteiger partial charge in [-0.15, -0.1) is 6.58 Å². The summed E-state index contributed by atoms with van der Waals surface area (Å²) in [5.74, 6) is 1.28. The number of benzene rings is 1. The van der Waals surface area contributed by atoms with Crippen molar-refractivity contribution in [2.75, 3.05) is 5.32 Å². The fourth-order valence-electron chi connectivity index (χ4n) is 4.73. The SMILES string of the molecule is C=C/C(=C\C)C1=CCC=C(/C(=C/C(=C/N=C(C)Nc2ccc(C(CCC)CCC)cc2)C(=C)C)C(C)=O)C(Cl)=C1.C=CC.CC.CCC. The van der Waals surface area contributed by atoms with E-state index in [2.05, 4.69) is 88.1 Å². The molecule has 0 aliphatic heterocycles. The normalized spacial score (nSPS) is 13.5. The number of hydrogen-bond donors (Lipinski definition) is 1. The number of carbonyl (C=O) groups is 1. The van der Waals surface area contributed by atoms with Crippen molar-refractivity contribution in [3.8, 4) is 0 Å². The van der Waals surface area contributed by atoms with Gasteiger partial charge in [0, 0.05) is 28.1 Å². The first kappa shape index (κ1) is 46.4. The molecule has 1 aromatic carbocycles. The van der Waals surface area contributed by atoms with Crippen molar-refractivity contribution in [3.63, 3.8) is 0 Å². The molecule has 0 saturated carbocycles. The Morgan fingerprint density at radius 1 is 0.979 bits per heavy atom. The van der Waals surface area contributed by atoms with Gasteiger partial charge in [0.15, 0.2) is 5.78 Å². The third kappa shape index (κ3) is 18.0. The first-order valence-electron chi connectivity index (χ1n) is 17.6. The van der Waals surface area contributed by atoms with E-state index in [0.29, 0.717) is 28.5 Å². The molecule has 48 heavy (non-hydrogen) atoms. The second kappa shape index (κ2) is 28.3. The summed E-state index contributed by atoms with van der Waals surface area (Å²) in [5.41, 5.74) is 7.15. The zero-order chi connectivity index (χ0) is 37.1. The summed E-state index contributed by atoms with van der Waals surface area (Å²) in [7, 11) is 0. The van der Waals surface area contributed by atoms with Gasteiger partial charge in [0.2, 0.25) is 0 Å². The maximum Gasteiger partial charge on any atom is 0.160 e. The van der Waals surface area contributed by atoms with E-state index in [4.69, 9.17) is 11.6 Å². The zero-order valence-corrected chi connectivity index (χ0v) is 32.9. The number of aliphatic imine (C=N–C) groups is 1. The van der Waals surface area contributed by atoms with E-state index in [1.807, 2.05) is 65.8 Å². The van der Waals surface area contributed by atoms with Gasteiger partial charge in [0.25, 0.3) is 0 Å². The molecular weight excluding hydrogens is 608 g/mol. The van der Waals surface area contributed by atoms with Crippen molar-refractivity contribution in [2.45, 2.75) is 121 Å². The first-order chi connectivity index (χ1) is 23.0. The summed E-state index contributed by atoms with van der Waals surface area (Å²) < 4.78 is 0. The Morgan fingerprint density at radius 3 is 1.96 bits per heavy atom. The second-order valence-electron chi connectivity index (χ2n) is 11.3.